The summed E-state index contributed by atoms with van der Waals surface area (Å²) >= 11 is 0. The molecule has 0 spiro atoms. The van der Waals surface area contributed by atoms with E-state index >= 15 is 0 Å². The van der Waals surface area contributed by atoms with Crippen molar-refractivity contribution in [2.24, 2.45) is 14.1 Å². The molecule has 0 aliphatic carbocycles. The van der Waals surface area contributed by atoms with Crippen LogP contribution < -0.4 is 19.9 Å². The zero-order valence-corrected chi connectivity index (χ0v) is 18.1. The lowest BCUT2D eigenvalue weighted by Crippen LogP contribution is -2.33. The minimum atomic E-state index is -0.137. The molecule has 0 saturated carbocycles. The van der Waals surface area contributed by atoms with Gasteiger partial charge >= 0.3 is 0 Å². The standard InChI is InChI=1S/C22H27N5O3/c1-6-10-27(11-7-2)22-24-20-19(21(28)26(22)4)17(13-25(20)3)16-9-8-15(29-5)12-18(16)30-14-23/h8-9,12-13H,6-7,10-11H2,1-5H3. The van der Waals surface area contributed by atoms with Crippen LogP contribution in [-0.2, 0) is 14.1 Å². The number of nitriles is 1. The topological polar surface area (TPSA) is 85.3 Å². The first kappa shape index (κ1) is 21.2. The van der Waals surface area contributed by atoms with E-state index in [1.54, 1.807) is 43.2 Å². The molecule has 2 heterocycles. The Hall–Kier alpha value is -3.47. The molecule has 0 fully saturated rings. The number of anilines is 1. The van der Waals surface area contributed by atoms with Crippen LogP contribution in [0.5, 0.6) is 11.5 Å². The van der Waals surface area contributed by atoms with Crippen LogP contribution in [0.1, 0.15) is 26.7 Å². The lowest BCUT2D eigenvalue weighted by atomic mass is 10.0. The summed E-state index contributed by atoms with van der Waals surface area (Å²) in [5.41, 5.74) is 1.76. The highest BCUT2D eigenvalue weighted by Crippen LogP contribution is 2.37. The van der Waals surface area contributed by atoms with Gasteiger partial charge in [0.1, 0.15) is 11.4 Å². The minimum absolute atomic E-state index is 0.137. The molecular weight excluding hydrogens is 382 g/mol. The Bertz CT molecular complexity index is 1150. The molecule has 0 N–H and O–H groups in total. The van der Waals surface area contributed by atoms with Crippen molar-refractivity contribution < 1.29 is 9.47 Å². The van der Waals surface area contributed by atoms with E-state index < -0.39 is 0 Å². The molecular formula is C22H27N5O3. The fraction of sp³-hybridized carbons (Fsp3) is 0.409. The fourth-order valence-corrected chi connectivity index (χ4v) is 3.71. The third-order valence-corrected chi connectivity index (χ3v) is 5.08. The molecule has 0 atom stereocenters. The highest BCUT2D eigenvalue weighted by Gasteiger charge is 2.22. The van der Waals surface area contributed by atoms with Crippen LogP contribution in [0, 0.1) is 11.5 Å². The number of benzene rings is 1. The van der Waals surface area contributed by atoms with Gasteiger partial charge in [-0.05, 0) is 25.0 Å². The highest BCUT2D eigenvalue weighted by molar-refractivity contribution is 5.96. The average Bonchev–Trinajstić information content (AvgIpc) is 3.07. The molecule has 3 rings (SSSR count). The van der Waals surface area contributed by atoms with Crippen LogP contribution in [0.3, 0.4) is 0 Å². The van der Waals surface area contributed by atoms with Gasteiger partial charge in [-0.25, -0.2) is 0 Å². The Labute approximate surface area is 175 Å². The lowest BCUT2D eigenvalue weighted by Gasteiger charge is -2.24. The van der Waals surface area contributed by atoms with Crippen molar-refractivity contribution in [2.75, 3.05) is 25.1 Å². The number of ether oxygens (including phenoxy) is 2. The summed E-state index contributed by atoms with van der Waals surface area (Å²) in [6.45, 7) is 5.88. The molecule has 30 heavy (non-hydrogen) atoms. The molecule has 158 valence electrons. The number of nitrogens with zero attached hydrogens (tertiary/aromatic N) is 5. The molecule has 0 bridgehead atoms. The Morgan fingerprint density at radius 3 is 2.47 bits per heavy atom. The molecule has 0 saturated heterocycles. The molecule has 0 radical (unpaired) electrons. The zero-order valence-electron chi connectivity index (χ0n) is 18.1. The maximum atomic E-state index is 13.4. The monoisotopic (exact) mass is 409 g/mol. The maximum absolute atomic E-state index is 13.4. The Morgan fingerprint density at radius 2 is 1.87 bits per heavy atom. The molecule has 8 heteroatoms. The van der Waals surface area contributed by atoms with Gasteiger partial charge in [0.2, 0.25) is 5.95 Å². The van der Waals surface area contributed by atoms with Crippen LogP contribution in [0.25, 0.3) is 22.2 Å². The predicted octanol–water partition coefficient (Wildman–Crippen LogP) is 3.43. The van der Waals surface area contributed by atoms with Gasteiger partial charge in [0, 0.05) is 50.6 Å². The van der Waals surface area contributed by atoms with Gasteiger partial charge in [-0.15, -0.1) is 5.26 Å². The van der Waals surface area contributed by atoms with Crippen molar-refractivity contribution in [3.63, 3.8) is 0 Å². The smallest absolute Gasteiger partial charge is 0.292 e. The first-order chi connectivity index (χ1) is 14.5. The van der Waals surface area contributed by atoms with Gasteiger partial charge < -0.3 is 18.9 Å². The van der Waals surface area contributed by atoms with E-state index in [9.17, 15) is 4.79 Å². The van der Waals surface area contributed by atoms with Crippen molar-refractivity contribution in [3.05, 3.63) is 34.7 Å². The second kappa shape index (κ2) is 8.91. The van der Waals surface area contributed by atoms with E-state index in [1.807, 2.05) is 17.8 Å². The summed E-state index contributed by atoms with van der Waals surface area (Å²) in [5, 5.41) is 9.56. The summed E-state index contributed by atoms with van der Waals surface area (Å²) < 4.78 is 13.8. The molecule has 8 nitrogen and oxygen atoms in total. The molecule has 0 amide bonds. The third-order valence-electron chi connectivity index (χ3n) is 5.08. The summed E-state index contributed by atoms with van der Waals surface area (Å²) in [6, 6.07) is 5.19. The minimum Gasteiger partial charge on any atom is -0.497 e. The summed E-state index contributed by atoms with van der Waals surface area (Å²) in [7, 11) is 5.16. The first-order valence-corrected chi connectivity index (χ1v) is 10.0. The molecule has 1 aromatic carbocycles. The van der Waals surface area contributed by atoms with Gasteiger partial charge in [0.05, 0.1) is 12.5 Å². The first-order valence-electron chi connectivity index (χ1n) is 10.0. The largest absolute Gasteiger partial charge is 0.497 e. The van der Waals surface area contributed by atoms with Crippen LogP contribution in [0.15, 0.2) is 29.2 Å². The van der Waals surface area contributed by atoms with E-state index in [0.717, 1.165) is 25.9 Å². The molecule has 0 unspecified atom stereocenters. The summed E-state index contributed by atoms with van der Waals surface area (Å²) in [5.74, 6) is 1.55. The van der Waals surface area contributed by atoms with Gasteiger partial charge in [-0.2, -0.15) is 4.98 Å². The summed E-state index contributed by atoms with van der Waals surface area (Å²) in [6.07, 6.45) is 5.49. The van der Waals surface area contributed by atoms with Crippen molar-refractivity contribution in [1.82, 2.24) is 14.1 Å². The van der Waals surface area contributed by atoms with Crippen molar-refractivity contribution >= 4 is 17.0 Å². The number of methoxy groups -OCH3 is 1. The number of aromatic nitrogens is 3. The molecule has 0 aliphatic heterocycles. The van der Waals surface area contributed by atoms with Crippen LogP contribution in [0.2, 0.25) is 0 Å². The van der Waals surface area contributed by atoms with Crippen molar-refractivity contribution in [3.8, 4) is 28.9 Å². The van der Waals surface area contributed by atoms with E-state index in [1.165, 1.54) is 0 Å². The van der Waals surface area contributed by atoms with Crippen LogP contribution >= 0.6 is 0 Å². The van der Waals surface area contributed by atoms with Crippen molar-refractivity contribution in [1.29, 1.82) is 5.26 Å². The SMILES string of the molecule is CCCN(CCC)c1nc2c(c(-c3ccc(OC)cc3OC#N)cn2C)c(=O)n1C. The zero-order chi connectivity index (χ0) is 21.8. The average molecular weight is 409 g/mol. The quantitative estimate of drug-likeness (QED) is 0.530. The second-order valence-corrected chi connectivity index (χ2v) is 7.17. The number of rotatable bonds is 8. The van der Waals surface area contributed by atoms with E-state index in [0.29, 0.717) is 39.6 Å². The van der Waals surface area contributed by atoms with Gasteiger partial charge in [0.15, 0.2) is 5.75 Å². The number of aryl methyl sites for hydroxylation is 1. The highest BCUT2D eigenvalue weighted by atomic mass is 16.5. The summed E-state index contributed by atoms with van der Waals surface area (Å²) in [4.78, 5) is 20.4. The lowest BCUT2D eigenvalue weighted by molar-refractivity contribution is 0.410. The van der Waals surface area contributed by atoms with Gasteiger partial charge in [0.25, 0.3) is 11.8 Å². The molecule has 3 aromatic rings. The molecule has 0 aliphatic rings. The molecule has 2 aromatic heterocycles. The number of hydrogen-bond acceptors (Lipinski definition) is 6. The van der Waals surface area contributed by atoms with E-state index in [2.05, 4.69) is 18.7 Å². The Morgan fingerprint density at radius 1 is 1.17 bits per heavy atom. The van der Waals surface area contributed by atoms with E-state index in [4.69, 9.17) is 19.7 Å². The van der Waals surface area contributed by atoms with Crippen LogP contribution in [0.4, 0.5) is 5.95 Å². The normalized spacial score (nSPS) is 10.8. The van der Waals surface area contributed by atoms with Gasteiger partial charge in [-0.3, -0.25) is 9.36 Å². The Kier molecular flexibility index (Phi) is 6.31. The third kappa shape index (κ3) is 3.71. The van der Waals surface area contributed by atoms with E-state index in [-0.39, 0.29) is 5.56 Å². The predicted molar refractivity (Wildman–Crippen MR) is 117 cm³/mol. The fourth-order valence-electron chi connectivity index (χ4n) is 3.71. The van der Waals surface area contributed by atoms with Crippen LogP contribution in [-0.4, -0.2) is 34.3 Å². The van der Waals surface area contributed by atoms with Crippen molar-refractivity contribution in [2.45, 2.75) is 26.7 Å². The Balaban J connectivity index is 2.27. The maximum Gasteiger partial charge on any atom is 0.292 e. The number of hydrogen-bond donors (Lipinski definition) is 0. The second-order valence-electron chi connectivity index (χ2n) is 7.17. The van der Waals surface area contributed by atoms with Gasteiger partial charge in [-0.1, -0.05) is 13.8 Å². The number of fused-ring (bicyclic) bond motifs is 1.